The highest BCUT2D eigenvalue weighted by molar-refractivity contribution is 6.33. The van der Waals surface area contributed by atoms with E-state index >= 15 is 0 Å². The minimum atomic E-state index is -4.47. The maximum atomic E-state index is 12.6. The van der Waals surface area contributed by atoms with E-state index in [2.05, 4.69) is 4.98 Å². The number of pyridine rings is 1. The third-order valence-electron chi connectivity index (χ3n) is 3.82. The maximum Gasteiger partial charge on any atom is 0.417 e. The molecule has 1 amide bonds. The fourth-order valence-corrected chi connectivity index (χ4v) is 2.66. The third-order valence-corrected chi connectivity index (χ3v) is 4.09. The number of aromatic nitrogens is 1. The molecule has 0 saturated carbocycles. The highest BCUT2D eigenvalue weighted by Gasteiger charge is 2.32. The summed E-state index contributed by atoms with van der Waals surface area (Å²) in [7, 11) is 0. The van der Waals surface area contributed by atoms with E-state index in [0.717, 1.165) is 12.3 Å². The number of hydrogen-bond donors (Lipinski definition) is 1. The summed E-state index contributed by atoms with van der Waals surface area (Å²) in [6, 6.07) is 0.873. The summed E-state index contributed by atoms with van der Waals surface area (Å²) in [6.07, 6.45) is -3.70. The predicted octanol–water partition coefficient (Wildman–Crippen LogP) is 2.00. The van der Waals surface area contributed by atoms with Crippen LogP contribution < -0.4 is 10.6 Å². The van der Waals surface area contributed by atoms with Gasteiger partial charge >= 0.3 is 6.18 Å². The minimum Gasteiger partial charge on any atom is -0.352 e. The minimum absolute atomic E-state index is 0.0152. The van der Waals surface area contributed by atoms with Crippen molar-refractivity contribution < 1.29 is 18.0 Å². The molecule has 1 aliphatic heterocycles. The molecule has 2 rings (SSSR count). The first-order valence-electron chi connectivity index (χ1n) is 7.20. The Bertz CT molecular complexity index is 574. The van der Waals surface area contributed by atoms with Crippen molar-refractivity contribution in [2.45, 2.75) is 13.1 Å². The van der Waals surface area contributed by atoms with Gasteiger partial charge in [0.15, 0.2) is 0 Å². The van der Waals surface area contributed by atoms with Crippen LogP contribution in [0.2, 0.25) is 5.02 Å². The van der Waals surface area contributed by atoms with E-state index in [1.54, 1.807) is 16.7 Å². The molecule has 2 N–H and O–H groups in total. The van der Waals surface area contributed by atoms with Crippen molar-refractivity contribution in [3.05, 3.63) is 22.8 Å². The molecular formula is C14H18ClF3N4O. The second-order valence-electron chi connectivity index (χ2n) is 5.48. The number of amides is 1. The molecule has 0 radical (unpaired) electrons. The van der Waals surface area contributed by atoms with Crippen molar-refractivity contribution in [3.63, 3.8) is 0 Å². The van der Waals surface area contributed by atoms with Crippen LogP contribution in [-0.2, 0) is 11.0 Å². The number of nitrogens with zero attached hydrogens (tertiary/aromatic N) is 3. The molecule has 0 spiro atoms. The quantitative estimate of drug-likeness (QED) is 0.905. The molecule has 1 fully saturated rings. The summed E-state index contributed by atoms with van der Waals surface area (Å²) < 4.78 is 37.9. The number of hydrogen-bond acceptors (Lipinski definition) is 4. The van der Waals surface area contributed by atoms with Gasteiger partial charge < -0.3 is 15.5 Å². The molecule has 1 saturated heterocycles. The van der Waals surface area contributed by atoms with Crippen molar-refractivity contribution in [1.29, 1.82) is 0 Å². The monoisotopic (exact) mass is 350 g/mol. The number of halogens is 4. The topological polar surface area (TPSA) is 62.5 Å². The van der Waals surface area contributed by atoms with Crippen molar-refractivity contribution >= 4 is 23.3 Å². The van der Waals surface area contributed by atoms with Crippen LogP contribution >= 0.6 is 11.6 Å². The summed E-state index contributed by atoms with van der Waals surface area (Å²) in [4.78, 5) is 19.4. The van der Waals surface area contributed by atoms with Crippen LogP contribution in [0.25, 0.3) is 0 Å². The Morgan fingerprint density at radius 1 is 1.39 bits per heavy atom. The fraction of sp³-hybridized carbons (Fsp3) is 0.571. The average molecular weight is 351 g/mol. The second kappa shape index (κ2) is 6.92. The molecule has 1 aromatic heterocycles. The summed E-state index contributed by atoms with van der Waals surface area (Å²) in [5.41, 5.74) is 4.61. The van der Waals surface area contributed by atoms with Crippen LogP contribution in [0.3, 0.4) is 0 Å². The van der Waals surface area contributed by atoms with Gasteiger partial charge in [0, 0.05) is 44.8 Å². The van der Waals surface area contributed by atoms with E-state index in [1.165, 1.54) is 0 Å². The van der Waals surface area contributed by atoms with E-state index in [0.29, 0.717) is 32.0 Å². The lowest BCUT2D eigenvalue weighted by Gasteiger charge is -2.36. The molecule has 0 aliphatic carbocycles. The molecule has 1 aromatic rings. The summed E-state index contributed by atoms with van der Waals surface area (Å²) in [6.45, 7) is 3.89. The van der Waals surface area contributed by atoms with Crippen LogP contribution in [-0.4, -0.2) is 48.5 Å². The highest BCUT2D eigenvalue weighted by atomic mass is 35.5. The lowest BCUT2D eigenvalue weighted by atomic mass is 10.1. The molecule has 1 atom stereocenters. The molecule has 0 bridgehead atoms. The van der Waals surface area contributed by atoms with Gasteiger partial charge in [0.2, 0.25) is 5.91 Å². The van der Waals surface area contributed by atoms with Gasteiger partial charge in [-0.1, -0.05) is 18.5 Å². The lowest BCUT2D eigenvalue weighted by molar-refractivity contribution is -0.138. The molecule has 5 nitrogen and oxygen atoms in total. The van der Waals surface area contributed by atoms with Gasteiger partial charge in [-0.2, -0.15) is 13.2 Å². The Hall–Kier alpha value is -1.54. The zero-order chi connectivity index (χ0) is 17.2. The number of carbonyl (C=O) groups excluding carboxylic acids is 1. The van der Waals surface area contributed by atoms with Crippen LogP contribution in [0.5, 0.6) is 0 Å². The van der Waals surface area contributed by atoms with Gasteiger partial charge in [0.05, 0.1) is 10.6 Å². The Morgan fingerprint density at radius 3 is 2.48 bits per heavy atom. The number of rotatable bonds is 3. The first-order valence-corrected chi connectivity index (χ1v) is 7.58. The standard InChI is InChI=1S/C14H18ClF3N4O/c1-9(7-19)13(23)22-4-2-21(3-5-22)12-11(15)6-10(8-20-12)14(16,17)18/h6,8-9H,2-5,7,19H2,1H3. The molecule has 0 aromatic carbocycles. The fourth-order valence-electron chi connectivity index (χ4n) is 2.37. The maximum absolute atomic E-state index is 12.6. The van der Waals surface area contributed by atoms with Gasteiger partial charge in [-0.3, -0.25) is 4.79 Å². The van der Waals surface area contributed by atoms with Gasteiger partial charge in [0.1, 0.15) is 5.82 Å². The zero-order valence-electron chi connectivity index (χ0n) is 12.6. The Morgan fingerprint density at radius 2 is 2.00 bits per heavy atom. The van der Waals surface area contributed by atoms with Gasteiger partial charge in [0.25, 0.3) is 0 Å². The number of piperazine rings is 1. The van der Waals surface area contributed by atoms with Crippen LogP contribution in [0.1, 0.15) is 12.5 Å². The smallest absolute Gasteiger partial charge is 0.352 e. The van der Waals surface area contributed by atoms with E-state index in [1.807, 2.05) is 0 Å². The van der Waals surface area contributed by atoms with E-state index in [9.17, 15) is 18.0 Å². The van der Waals surface area contributed by atoms with Crippen molar-refractivity contribution in [2.75, 3.05) is 37.6 Å². The number of carbonyl (C=O) groups is 1. The Kier molecular flexibility index (Phi) is 5.36. The van der Waals surface area contributed by atoms with Crippen LogP contribution in [0.4, 0.5) is 19.0 Å². The molecule has 128 valence electrons. The van der Waals surface area contributed by atoms with Gasteiger partial charge in [-0.05, 0) is 6.07 Å². The normalized spacial score (nSPS) is 17.3. The Balaban J connectivity index is 2.05. The lowest BCUT2D eigenvalue weighted by Crippen LogP contribution is -2.51. The molecule has 2 heterocycles. The summed E-state index contributed by atoms with van der Waals surface area (Å²) in [5, 5.41) is -0.0464. The Labute approximate surface area is 137 Å². The summed E-state index contributed by atoms with van der Waals surface area (Å²) in [5.74, 6) is 0.0478. The molecule has 1 unspecified atom stereocenters. The van der Waals surface area contributed by atoms with E-state index in [-0.39, 0.29) is 23.4 Å². The predicted molar refractivity (Wildman–Crippen MR) is 81.3 cm³/mol. The molecule has 9 heteroatoms. The number of alkyl halides is 3. The second-order valence-corrected chi connectivity index (χ2v) is 5.88. The number of anilines is 1. The molecular weight excluding hydrogens is 333 g/mol. The highest BCUT2D eigenvalue weighted by Crippen LogP contribution is 2.33. The third kappa shape index (κ3) is 4.06. The van der Waals surface area contributed by atoms with Crippen molar-refractivity contribution in [3.8, 4) is 0 Å². The van der Waals surface area contributed by atoms with Gasteiger partial charge in [-0.15, -0.1) is 0 Å². The molecule has 23 heavy (non-hydrogen) atoms. The van der Waals surface area contributed by atoms with Crippen molar-refractivity contribution in [1.82, 2.24) is 9.88 Å². The first-order chi connectivity index (χ1) is 10.7. The van der Waals surface area contributed by atoms with Crippen molar-refractivity contribution in [2.24, 2.45) is 11.7 Å². The zero-order valence-corrected chi connectivity index (χ0v) is 13.4. The largest absolute Gasteiger partial charge is 0.417 e. The SMILES string of the molecule is CC(CN)C(=O)N1CCN(c2ncc(C(F)(F)F)cc2Cl)CC1. The van der Waals surface area contributed by atoms with E-state index < -0.39 is 11.7 Å². The van der Waals surface area contributed by atoms with E-state index in [4.69, 9.17) is 17.3 Å². The van der Waals surface area contributed by atoms with Gasteiger partial charge in [-0.25, -0.2) is 4.98 Å². The molecule has 1 aliphatic rings. The number of nitrogens with two attached hydrogens (primary N) is 1. The first kappa shape index (κ1) is 17.8. The average Bonchev–Trinajstić information content (AvgIpc) is 2.52. The van der Waals surface area contributed by atoms with Crippen LogP contribution in [0, 0.1) is 5.92 Å². The summed E-state index contributed by atoms with van der Waals surface area (Å²) >= 11 is 5.94. The van der Waals surface area contributed by atoms with Crippen LogP contribution in [0.15, 0.2) is 12.3 Å².